The number of likely N-dealkylation sites (N-methyl/N-ethyl adjacent to an activating group) is 1. The SMILES string of the molecule is CCN[C@H](C)CNS(=O)(=O)c1ccc(OC(F)F)c(F)c1.Cl. The van der Waals surface area contributed by atoms with Gasteiger partial charge in [0.15, 0.2) is 11.6 Å². The molecule has 0 spiro atoms. The molecule has 5 nitrogen and oxygen atoms in total. The summed E-state index contributed by atoms with van der Waals surface area (Å²) in [6.07, 6.45) is 0. The van der Waals surface area contributed by atoms with Gasteiger partial charge in [0.2, 0.25) is 10.0 Å². The van der Waals surface area contributed by atoms with Crippen LogP contribution >= 0.6 is 12.4 Å². The molecule has 0 aromatic heterocycles. The standard InChI is InChI=1S/C12H17F3N2O3S.ClH/c1-3-16-8(2)7-17-21(18,19)9-4-5-11(10(13)6-9)20-12(14)15;/h4-6,8,12,16-17H,3,7H2,1-2H3;1H/t8-;/m1./s1. The summed E-state index contributed by atoms with van der Waals surface area (Å²) in [4.78, 5) is -0.356. The van der Waals surface area contributed by atoms with Gasteiger partial charge in [-0.05, 0) is 31.7 Å². The van der Waals surface area contributed by atoms with Crippen LogP contribution in [0.2, 0.25) is 0 Å². The van der Waals surface area contributed by atoms with Crippen molar-refractivity contribution >= 4 is 22.4 Å². The highest BCUT2D eigenvalue weighted by molar-refractivity contribution is 7.89. The number of hydrogen-bond donors (Lipinski definition) is 2. The van der Waals surface area contributed by atoms with Gasteiger partial charge in [0.1, 0.15) is 0 Å². The average molecular weight is 363 g/mol. The zero-order valence-corrected chi connectivity index (χ0v) is 13.6. The number of benzene rings is 1. The second-order valence-corrected chi connectivity index (χ2v) is 6.05. The van der Waals surface area contributed by atoms with Crippen LogP contribution in [-0.4, -0.2) is 34.2 Å². The molecule has 0 aliphatic carbocycles. The number of nitrogens with one attached hydrogen (secondary N) is 2. The van der Waals surface area contributed by atoms with Gasteiger partial charge in [-0.2, -0.15) is 8.78 Å². The molecule has 0 bridgehead atoms. The van der Waals surface area contributed by atoms with Crippen molar-refractivity contribution < 1.29 is 26.3 Å². The van der Waals surface area contributed by atoms with Crippen molar-refractivity contribution in [2.75, 3.05) is 13.1 Å². The maximum absolute atomic E-state index is 13.5. The molecule has 0 aliphatic rings. The molecule has 0 fully saturated rings. The van der Waals surface area contributed by atoms with Gasteiger partial charge < -0.3 is 10.1 Å². The molecule has 0 aliphatic heterocycles. The van der Waals surface area contributed by atoms with Crippen LogP contribution < -0.4 is 14.8 Å². The largest absolute Gasteiger partial charge is 0.432 e. The average Bonchev–Trinajstić information content (AvgIpc) is 2.39. The Morgan fingerprint density at radius 1 is 1.32 bits per heavy atom. The Kier molecular flexibility index (Phi) is 8.76. The number of halogens is 4. The Hall–Kier alpha value is -1.03. The summed E-state index contributed by atoms with van der Waals surface area (Å²) < 4.78 is 67.6. The van der Waals surface area contributed by atoms with Crippen LogP contribution in [-0.2, 0) is 10.0 Å². The van der Waals surface area contributed by atoms with Gasteiger partial charge in [-0.3, -0.25) is 0 Å². The predicted octanol–water partition coefficient (Wildman–Crippen LogP) is 2.13. The summed E-state index contributed by atoms with van der Waals surface area (Å²) in [7, 11) is -3.91. The van der Waals surface area contributed by atoms with E-state index in [1.807, 2.05) is 6.92 Å². The molecule has 2 N–H and O–H groups in total. The minimum Gasteiger partial charge on any atom is -0.432 e. The van der Waals surface area contributed by atoms with E-state index in [4.69, 9.17) is 0 Å². The normalized spacial score (nSPS) is 12.8. The first kappa shape index (κ1) is 21.0. The van der Waals surface area contributed by atoms with E-state index in [0.29, 0.717) is 12.6 Å². The minimum atomic E-state index is -3.91. The summed E-state index contributed by atoms with van der Waals surface area (Å²) >= 11 is 0. The van der Waals surface area contributed by atoms with Crippen LogP contribution in [0.15, 0.2) is 23.1 Å². The minimum absolute atomic E-state index is 0. The lowest BCUT2D eigenvalue weighted by Crippen LogP contribution is -2.38. The van der Waals surface area contributed by atoms with Gasteiger partial charge in [0.05, 0.1) is 4.90 Å². The van der Waals surface area contributed by atoms with Gasteiger partial charge in [-0.1, -0.05) is 6.92 Å². The Morgan fingerprint density at radius 3 is 2.45 bits per heavy atom. The third kappa shape index (κ3) is 6.39. The second-order valence-electron chi connectivity index (χ2n) is 4.28. The van der Waals surface area contributed by atoms with Gasteiger partial charge in [-0.15, -0.1) is 12.4 Å². The molecule has 0 unspecified atom stereocenters. The third-order valence-corrected chi connectivity index (χ3v) is 3.98. The van der Waals surface area contributed by atoms with Crippen molar-refractivity contribution in [1.29, 1.82) is 0 Å². The maximum atomic E-state index is 13.5. The van der Waals surface area contributed by atoms with Crippen molar-refractivity contribution in [1.82, 2.24) is 10.0 Å². The summed E-state index contributed by atoms with van der Waals surface area (Å²) in [6, 6.07) is 2.39. The van der Waals surface area contributed by atoms with Crippen LogP contribution in [0, 0.1) is 5.82 Å². The molecule has 22 heavy (non-hydrogen) atoms. The van der Waals surface area contributed by atoms with E-state index in [9.17, 15) is 21.6 Å². The Balaban J connectivity index is 0.00000441. The number of alkyl halides is 2. The number of hydrogen-bond acceptors (Lipinski definition) is 4. The molecule has 128 valence electrons. The van der Waals surface area contributed by atoms with Crippen LogP contribution in [0.4, 0.5) is 13.2 Å². The number of rotatable bonds is 8. The maximum Gasteiger partial charge on any atom is 0.387 e. The Bertz CT molecular complexity index is 573. The quantitative estimate of drug-likeness (QED) is 0.743. The smallest absolute Gasteiger partial charge is 0.387 e. The fourth-order valence-corrected chi connectivity index (χ4v) is 2.72. The lowest BCUT2D eigenvalue weighted by Gasteiger charge is -2.14. The molecule has 0 saturated heterocycles. The van der Waals surface area contributed by atoms with E-state index >= 15 is 0 Å². The topological polar surface area (TPSA) is 67.4 Å². The molecule has 1 rings (SSSR count). The summed E-state index contributed by atoms with van der Waals surface area (Å²) in [5.41, 5.74) is 0. The monoisotopic (exact) mass is 362 g/mol. The van der Waals surface area contributed by atoms with Crippen LogP contribution in [0.1, 0.15) is 13.8 Å². The molecular weight excluding hydrogens is 345 g/mol. The summed E-state index contributed by atoms with van der Waals surface area (Å²) in [6.45, 7) is 1.28. The summed E-state index contributed by atoms with van der Waals surface area (Å²) in [5, 5.41) is 3.01. The first-order valence-corrected chi connectivity index (χ1v) is 7.72. The van der Waals surface area contributed by atoms with Crippen molar-refractivity contribution in [3.05, 3.63) is 24.0 Å². The van der Waals surface area contributed by atoms with Gasteiger partial charge in [0, 0.05) is 12.6 Å². The highest BCUT2D eigenvalue weighted by atomic mass is 35.5. The predicted molar refractivity (Wildman–Crippen MR) is 78.6 cm³/mol. The molecule has 10 heteroatoms. The van der Waals surface area contributed by atoms with E-state index in [-0.39, 0.29) is 29.9 Å². The molecule has 0 heterocycles. The van der Waals surface area contributed by atoms with Crippen LogP contribution in [0.3, 0.4) is 0 Å². The second kappa shape index (κ2) is 9.19. The van der Waals surface area contributed by atoms with E-state index in [0.717, 1.165) is 12.1 Å². The molecular formula is C12H18ClF3N2O3S. The Labute approximate surface area is 133 Å². The zero-order chi connectivity index (χ0) is 16.0. The van der Waals surface area contributed by atoms with E-state index in [1.165, 1.54) is 0 Å². The first-order chi connectivity index (χ1) is 9.76. The van der Waals surface area contributed by atoms with Gasteiger partial charge in [0.25, 0.3) is 0 Å². The van der Waals surface area contributed by atoms with Gasteiger partial charge >= 0.3 is 6.61 Å². The molecule has 0 saturated carbocycles. The van der Waals surface area contributed by atoms with E-state index < -0.39 is 28.2 Å². The molecule has 1 aromatic carbocycles. The zero-order valence-electron chi connectivity index (χ0n) is 12.0. The van der Waals surface area contributed by atoms with Crippen molar-refractivity contribution in [3.63, 3.8) is 0 Å². The fourth-order valence-electron chi connectivity index (χ4n) is 1.58. The van der Waals surface area contributed by atoms with Crippen LogP contribution in [0.25, 0.3) is 0 Å². The highest BCUT2D eigenvalue weighted by Crippen LogP contribution is 2.22. The molecule has 0 radical (unpaired) electrons. The number of sulfonamides is 1. The number of ether oxygens (including phenoxy) is 1. The van der Waals surface area contributed by atoms with E-state index in [1.54, 1.807) is 6.92 Å². The van der Waals surface area contributed by atoms with Crippen molar-refractivity contribution in [2.45, 2.75) is 31.4 Å². The van der Waals surface area contributed by atoms with Crippen LogP contribution in [0.5, 0.6) is 5.75 Å². The summed E-state index contributed by atoms with van der Waals surface area (Å²) in [5.74, 6) is -1.87. The van der Waals surface area contributed by atoms with Crippen molar-refractivity contribution in [2.24, 2.45) is 0 Å². The first-order valence-electron chi connectivity index (χ1n) is 6.23. The lowest BCUT2D eigenvalue weighted by atomic mass is 10.3. The molecule has 1 aromatic rings. The Morgan fingerprint density at radius 2 is 1.95 bits per heavy atom. The molecule has 1 atom stereocenters. The van der Waals surface area contributed by atoms with E-state index in [2.05, 4.69) is 14.8 Å². The van der Waals surface area contributed by atoms with Gasteiger partial charge in [-0.25, -0.2) is 17.5 Å². The fraction of sp³-hybridized carbons (Fsp3) is 0.500. The highest BCUT2D eigenvalue weighted by Gasteiger charge is 2.18. The third-order valence-electron chi connectivity index (χ3n) is 2.56. The van der Waals surface area contributed by atoms with Crippen molar-refractivity contribution in [3.8, 4) is 5.75 Å². The lowest BCUT2D eigenvalue weighted by molar-refractivity contribution is -0.0522. The molecule has 0 amide bonds.